The summed E-state index contributed by atoms with van der Waals surface area (Å²) in [5.41, 5.74) is 0.793. The molecular weight excluding hydrogens is 240 g/mol. The van der Waals surface area contributed by atoms with E-state index in [9.17, 15) is 4.79 Å². The van der Waals surface area contributed by atoms with Gasteiger partial charge in [-0.15, -0.1) is 11.8 Å². The van der Waals surface area contributed by atoms with Gasteiger partial charge in [-0.1, -0.05) is 5.16 Å². The van der Waals surface area contributed by atoms with Crippen molar-refractivity contribution in [1.29, 1.82) is 0 Å². The molecule has 0 aliphatic heterocycles. The van der Waals surface area contributed by atoms with E-state index in [4.69, 9.17) is 4.52 Å². The summed E-state index contributed by atoms with van der Waals surface area (Å²) in [6, 6.07) is 7.65. The smallest absolute Gasteiger partial charge is 0.397 e. The maximum absolute atomic E-state index is 11.1. The maximum atomic E-state index is 11.1. The average Bonchev–Trinajstić information content (AvgIpc) is 2.87. The zero-order chi connectivity index (χ0) is 12.3. The van der Waals surface area contributed by atoms with Crippen molar-refractivity contribution >= 4 is 17.7 Å². The minimum atomic E-state index is -0.635. The van der Waals surface area contributed by atoms with Crippen LogP contribution in [0.5, 0.6) is 0 Å². The molecule has 0 N–H and O–H groups in total. The van der Waals surface area contributed by atoms with Crippen molar-refractivity contribution in [2.24, 2.45) is 0 Å². The van der Waals surface area contributed by atoms with Gasteiger partial charge in [0.2, 0.25) is 5.82 Å². The highest BCUT2D eigenvalue weighted by atomic mass is 32.2. The number of carbonyl (C=O) groups is 1. The van der Waals surface area contributed by atoms with Crippen LogP contribution in [-0.4, -0.2) is 29.5 Å². The molecule has 1 heterocycles. The molecule has 0 unspecified atom stereocenters. The lowest BCUT2D eigenvalue weighted by molar-refractivity contribution is 0.0545. The van der Waals surface area contributed by atoms with Crippen molar-refractivity contribution < 1.29 is 14.1 Å². The molecule has 0 aliphatic carbocycles. The van der Waals surface area contributed by atoms with Crippen LogP contribution in [0.15, 0.2) is 33.7 Å². The van der Waals surface area contributed by atoms with Crippen molar-refractivity contribution in [3.8, 4) is 11.4 Å². The van der Waals surface area contributed by atoms with E-state index in [0.29, 0.717) is 5.82 Å². The average molecular weight is 250 g/mol. The molecule has 2 rings (SSSR count). The number of benzene rings is 1. The van der Waals surface area contributed by atoms with Crippen LogP contribution in [0, 0.1) is 0 Å². The second kappa shape index (κ2) is 5.01. The topological polar surface area (TPSA) is 65.2 Å². The van der Waals surface area contributed by atoms with E-state index >= 15 is 0 Å². The molecule has 0 saturated heterocycles. The number of aromatic nitrogens is 2. The zero-order valence-corrected chi connectivity index (χ0v) is 10.2. The van der Waals surface area contributed by atoms with Gasteiger partial charge in [0.05, 0.1) is 7.11 Å². The van der Waals surface area contributed by atoms with Gasteiger partial charge >= 0.3 is 11.9 Å². The van der Waals surface area contributed by atoms with E-state index < -0.39 is 5.97 Å². The molecule has 0 aliphatic rings. The van der Waals surface area contributed by atoms with Crippen LogP contribution in [0.2, 0.25) is 0 Å². The minimum absolute atomic E-state index is 0.142. The van der Waals surface area contributed by atoms with Crippen LogP contribution in [0.4, 0.5) is 0 Å². The summed E-state index contributed by atoms with van der Waals surface area (Å²) in [5.74, 6) is -0.404. The molecule has 1 aromatic heterocycles. The van der Waals surface area contributed by atoms with Crippen LogP contribution in [-0.2, 0) is 4.74 Å². The van der Waals surface area contributed by atoms with E-state index in [-0.39, 0.29) is 5.89 Å². The summed E-state index contributed by atoms with van der Waals surface area (Å²) in [4.78, 5) is 16.2. The molecule has 0 radical (unpaired) electrons. The Morgan fingerprint density at radius 2 is 2.06 bits per heavy atom. The zero-order valence-electron chi connectivity index (χ0n) is 9.34. The molecule has 1 aromatic carbocycles. The summed E-state index contributed by atoms with van der Waals surface area (Å²) in [7, 11) is 1.26. The Hall–Kier alpha value is -1.82. The monoisotopic (exact) mass is 250 g/mol. The van der Waals surface area contributed by atoms with Crippen LogP contribution in [0.25, 0.3) is 11.4 Å². The Kier molecular flexibility index (Phi) is 3.43. The van der Waals surface area contributed by atoms with Gasteiger partial charge in [0, 0.05) is 10.5 Å². The van der Waals surface area contributed by atoms with E-state index in [0.717, 1.165) is 10.5 Å². The fraction of sp³-hybridized carbons (Fsp3) is 0.182. The Bertz CT molecular complexity index is 522. The van der Waals surface area contributed by atoms with E-state index in [2.05, 4.69) is 14.9 Å². The summed E-state index contributed by atoms with van der Waals surface area (Å²) in [6.07, 6.45) is 2.00. The standard InChI is InChI=1S/C11H10N2O3S/c1-15-11(14)10-12-9(13-16-10)7-3-5-8(17-2)6-4-7/h3-6H,1-2H3. The van der Waals surface area contributed by atoms with Crippen molar-refractivity contribution in [2.45, 2.75) is 4.90 Å². The first kappa shape index (κ1) is 11.7. The van der Waals surface area contributed by atoms with Gasteiger partial charge in [-0.25, -0.2) is 4.79 Å². The Labute approximate surface area is 102 Å². The molecule has 0 fully saturated rings. The SMILES string of the molecule is COC(=O)c1nc(-c2ccc(SC)cc2)no1. The number of carbonyl (C=O) groups excluding carboxylic acids is 1. The summed E-state index contributed by atoms with van der Waals surface area (Å²) in [5, 5.41) is 3.72. The van der Waals surface area contributed by atoms with Gasteiger partial charge in [-0.2, -0.15) is 4.98 Å². The first-order valence-corrected chi connectivity index (χ1v) is 6.03. The number of methoxy groups -OCH3 is 1. The van der Waals surface area contributed by atoms with Crippen LogP contribution in [0.3, 0.4) is 0 Å². The second-order valence-electron chi connectivity index (χ2n) is 3.14. The predicted octanol–water partition coefficient (Wildman–Crippen LogP) is 2.25. The summed E-state index contributed by atoms with van der Waals surface area (Å²) < 4.78 is 9.27. The Morgan fingerprint density at radius 3 is 2.65 bits per heavy atom. The predicted molar refractivity (Wildman–Crippen MR) is 62.9 cm³/mol. The molecule has 0 amide bonds. The molecule has 6 heteroatoms. The lowest BCUT2D eigenvalue weighted by Crippen LogP contribution is -2.00. The number of rotatable bonds is 3. The van der Waals surface area contributed by atoms with Crippen molar-refractivity contribution in [3.05, 3.63) is 30.2 Å². The van der Waals surface area contributed by atoms with Gasteiger partial charge in [0.25, 0.3) is 0 Å². The third kappa shape index (κ3) is 2.47. The molecular formula is C11H10N2O3S. The Morgan fingerprint density at radius 1 is 1.35 bits per heavy atom. The molecule has 17 heavy (non-hydrogen) atoms. The number of hydrogen-bond donors (Lipinski definition) is 0. The highest BCUT2D eigenvalue weighted by Gasteiger charge is 2.15. The molecule has 88 valence electrons. The van der Waals surface area contributed by atoms with Gasteiger partial charge in [0.1, 0.15) is 0 Å². The van der Waals surface area contributed by atoms with E-state index in [1.54, 1.807) is 11.8 Å². The molecule has 2 aromatic rings. The van der Waals surface area contributed by atoms with Gasteiger partial charge < -0.3 is 9.26 Å². The number of esters is 1. The van der Waals surface area contributed by atoms with E-state index in [1.165, 1.54) is 7.11 Å². The number of thioether (sulfide) groups is 1. The fourth-order valence-corrected chi connectivity index (χ4v) is 1.66. The van der Waals surface area contributed by atoms with Crippen LogP contribution < -0.4 is 0 Å². The summed E-state index contributed by atoms with van der Waals surface area (Å²) in [6.45, 7) is 0. The van der Waals surface area contributed by atoms with Gasteiger partial charge in [-0.05, 0) is 30.5 Å². The highest BCUT2D eigenvalue weighted by Crippen LogP contribution is 2.20. The Balaban J connectivity index is 2.27. The normalized spacial score (nSPS) is 10.2. The third-order valence-corrected chi connectivity index (χ3v) is 2.88. The molecule has 0 spiro atoms. The highest BCUT2D eigenvalue weighted by molar-refractivity contribution is 7.98. The lowest BCUT2D eigenvalue weighted by Gasteiger charge is -1.96. The fourth-order valence-electron chi connectivity index (χ4n) is 1.25. The van der Waals surface area contributed by atoms with Crippen molar-refractivity contribution in [1.82, 2.24) is 10.1 Å². The second-order valence-corrected chi connectivity index (χ2v) is 4.02. The van der Waals surface area contributed by atoms with Crippen LogP contribution in [0.1, 0.15) is 10.7 Å². The number of hydrogen-bond acceptors (Lipinski definition) is 6. The maximum Gasteiger partial charge on any atom is 0.397 e. The first-order chi connectivity index (χ1) is 8.24. The van der Waals surface area contributed by atoms with Gasteiger partial charge in [-0.3, -0.25) is 0 Å². The molecule has 0 saturated carbocycles. The van der Waals surface area contributed by atoms with E-state index in [1.807, 2.05) is 30.5 Å². The molecule has 0 bridgehead atoms. The summed E-state index contributed by atoms with van der Waals surface area (Å²) >= 11 is 1.65. The molecule has 5 nitrogen and oxygen atoms in total. The van der Waals surface area contributed by atoms with Crippen molar-refractivity contribution in [2.75, 3.05) is 13.4 Å². The van der Waals surface area contributed by atoms with Gasteiger partial charge in [0.15, 0.2) is 0 Å². The third-order valence-electron chi connectivity index (χ3n) is 2.13. The first-order valence-electron chi connectivity index (χ1n) is 4.81. The van der Waals surface area contributed by atoms with Crippen LogP contribution >= 0.6 is 11.8 Å². The lowest BCUT2D eigenvalue weighted by atomic mass is 10.2. The minimum Gasteiger partial charge on any atom is -0.462 e. The largest absolute Gasteiger partial charge is 0.462 e. The quantitative estimate of drug-likeness (QED) is 0.615. The number of nitrogens with zero attached hydrogens (tertiary/aromatic N) is 2. The molecule has 0 atom stereocenters. The van der Waals surface area contributed by atoms with Crippen molar-refractivity contribution in [3.63, 3.8) is 0 Å². The number of ether oxygens (including phenoxy) is 1.